The van der Waals surface area contributed by atoms with E-state index in [2.05, 4.69) is 36.6 Å². The van der Waals surface area contributed by atoms with E-state index in [9.17, 15) is 4.79 Å². The Balaban J connectivity index is 1.77. The Hall–Kier alpha value is -2.33. The summed E-state index contributed by atoms with van der Waals surface area (Å²) in [5, 5.41) is 6.72. The Morgan fingerprint density at radius 2 is 1.73 bits per heavy atom. The summed E-state index contributed by atoms with van der Waals surface area (Å²) in [6, 6.07) is 14.0. The molecule has 1 amide bonds. The van der Waals surface area contributed by atoms with Crippen LogP contribution in [0.5, 0.6) is 0 Å². The SMILES string of the molecule is CNCC1CCN(C(=O)c2ccccc2Nc2cccc(C)c2C)CC1. The minimum absolute atomic E-state index is 0.126. The zero-order chi connectivity index (χ0) is 18.5. The summed E-state index contributed by atoms with van der Waals surface area (Å²) in [5.41, 5.74) is 5.13. The first-order valence-electron chi connectivity index (χ1n) is 9.46. The molecule has 0 aromatic heterocycles. The average molecular weight is 351 g/mol. The number of hydrogen-bond acceptors (Lipinski definition) is 3. The molecule has 0 saturated carbocycles. The lowest BCUT2D eigenvalue weighted by Crippen LogP contribution is -2.40. The third-order valence-electron chi connectivity index (χ3n) is 5.43. The van der Waals surface area contributed by atoms with Gasteiger partial charge in [-0.25, -0.2) is 0 Å². The van der Waals surface area contributed by atoms with Gasteiger partial charge in [-0.05, 0) is 75.5 Å². The van der Waals surface area contributed by atoms with E-state index >= 15 is 0 Å². The zero-order valence-electron chi connectivity index (χ0n) is 16.0. The maximum atomic E-state index is 13.1. The van der Waals surface area contributed by atoms with Crippen LogP contribution in [-0.4, -0.2) is 37.5 Å². The Kier molecular flexibility index (Phi) is 5.94. The third-order valence-corrected chi connectivity index (χ3v) is 5.43. The van der Waals surface area contributed by atoms with E-state index in [1.54, 1.807) is 0 Å². The van der Waals surface area contributed by atoms with Crippen LogP contribution in [0.2, 0.25) is 0 Å². The summed E-state index contributed by atoms with van der Waals surface area (Å²) in [7, 11) is 1.99. The molecular weight excluding hydrogens is 322 g/mol. The summed E-state index contributed by atoms with van der Waals surface area (Å²) in [4.78, 5) is 15.1. The molecule has 3 rings (SSSR count). The fourth-order valence-corrected chi connectivity index (χ4v) is 3.61. The second-order valence-electron chi connectivity index (χ2n) is 7.21. The van der Waals surface area contributed by atoms with Gasteiger partial charge >= 0.3 is 0 Å². The highest BCUT2D eigenvalue weighted by atomic mass is 16.2. The van der Waals surface area contributed by atoms with Crippen molar-refractivity contribution in [2.24, 2.45) is 5.92 Å². The van der Waals surface area contributed by atoms with E-state index in [0.29, 0.717) is 5.92 Å². The van der Waals surface area contributed by atoms with Crippen molar-refractivity contribution in [3.63, 3.8) is 0 Å². The highest BCUT2D eigenvalue weighted by Crippen LogP contribution is 2.27. The molecular formula is C22H29N3O. The molecule has 4 nitrogen and oxygen atoms in total. The molecule has 0 radical (unpaired) electrons. The van der Waals surface area contributed by atoms with Gasteiger partial charge in [-0.1, -0.05) is 24.3 Å². The van der Waals surface area contributed by atoms with Gasteiger partial charge in [0.05, 0.1) is 11.3 Å². The first kappa shape index (κ1) is 18.5. The van der Waals surface area contributed by atoms with Crippen LogP contribution in [0.3, 0.4) is 0 Å². The number of para-hydroxylation sites is 1. The molecule has 1 heterocycles. The Morgan fingerprint density at radius 1 is 1.04 bits per heavy atom. The van der Waals surface area contributed by atoms with E-state index in [4.69, 9.17) is 0 Å². The van der Waals surface area contributed by atoms with Gasteiger partial charge < -0.3 is 15.5 Å². The lowest BCUT2D eigenvalue weighted by Gasteiger charge is -2.32. The number of piperidine rings is 1. The second kappa shape index (κ2) is 8.37. The Morgan fingerprint density at radius 3 is 2.46 bits per heavy atom. The highest BCUT2D eigenvalue weighted by Gasteiger charge is 2.24. The van der Waals surface area contributed by atoms with Crippen LogP contribution >= 0.6 is 0 Å². The van der Waals surface area contributed by atoms with Crippen LogP contribution in [0.4, 0.5) is 11.4 Å². The second-order valence-corrected chi connectivity index (χ2v) is 7.21. The molecule has 1 fully saturated rings. The van der Waals surface area contributed by atoms with Crippen LogP contribution in [0.15, 0.2) is 42.5 Å². The number of hydrogen-bond donors (Lipinski definition) is 2. The van der Waals surface area contributed by atoms with E-state index < -0.39 is 0 Å². The van der Waals surface area contributed by atoms with Crippen LogP contribution in [0.25, 0.3) is 0 Å². The fourth-order valence-electron chi connectivity index (χ4n) is 3.61. The lowest BCUT2D eigenvalue weighted by molar-refractivity contribution is 0.0692. The van der Waals surface area contributed by atoms with Gasteiger partial charge in [-0.15, -0.1) is 0 Å². The number of amides is 1. The molecule has 0 unspecified atom stereocenters. The van der Waals surface area contributed by atoms with Gasteiger partial charge in [-0.2, -0.15) is 0 Å². The maximum Gasteiger partial charge on any atom is 0.255 e. The quantitative estimate of drug-likeness (QED) is 0.852. The minimum atomic E-state index is 0.126. The van der Waals surface area contributed by atoms with Crippen molar-refractivity contribution in [2.75, 3.05) is 32.0 Å². The molecule has 0 spiro atoms. The number of rotatable bonds is 5. The monoisotopic (exact) mass is 351 g/mol. The van der Waals surface area contributed by atoms with Gasteiger partial charge in [0.15, 0.2) is 0 Å². The van der Waals surface area contributed by atoms with Crippen molar-refractivity contribution in [2.45, 2.75) is 26.7 Å². The molecule has 0 bridgehead atoms. The van der Waals surface area contributed by atoms with Crippen molar-refractivity contribution in [3.8, 4) is 0 Å². The van der Waals surface area contributed by atoms with Crippen molar-refractivity contribution in [1.29, 1.82) is 0 Å². The first-order valence-corrected chi connectivity index (χ1v) is 9.46. The molecule has 4 heteroatoms. The number of nitrogens with zero attached hydrogens (tertiary/aromatic N) is 1. The molecule has 0 atom stereocenters. The van der Waals surface area contributed by atoms with Crippen LogP contribution in [0, 0.1) is 19.8 Å². The van der Waals surface area contributed by atoms with Crippen molar-refractivity contribution in [1.82, 2.24) is 10.2 Å². The maximum absolute atomic E-state index is 13.1. The Bertz CT molecular complexity index is 764. The van der Waals surface area contributed by atoms with Crippen LogP contribution in [-0.2, 0) is 0 Å². The molecule has 26 heavy (non-hydrogen) atoms. The number of nitrogens with one attached hydrogen (secondary N) is 2. The van der Waals surface area contributed by atoms with Gasteiger partial charge in [0.1, 0.15) is 0 Å². The summed E-state index contributed by atoms with van der Waals surface area (Å²) < 4.78 is 0. The topological polar surface area (TPSA) is 44.4 Å². The summed E-state index contributed by atoms with van der Waals surface area (Å²) >= 11 is 0. The van der Waals surface area contributed by atoms with Crippen LogP contribution < -0.4 is 10.6 Å². The number of likely N-dealkylation sites (tertiary alicyclic amines) is 1. The molecule has 1 aliphatic heterocycles. The zero-order valence-corrected chi connectivity index (χ0v) is 16.0. The van der Waals surface area contributed by atoms with Crippen molar-refractivity contribution < 1.29 is 4.79 Å². The minimum Gasteiger partial charge on any atom is -0.355 e. The smallest absolute Gasteiger partial charge is 0.255 e. The van der Waals surface area contributed by atoms with E-state index in [-0.39, 0.29) is 5.91 Å². The summed E-state index contributed by atoms with van der Waals surface area (Å²) in [5.74, 6) is 0.800. The van der Waals surface area contributed by atoms with Gasteiger partial charge in [0.2, 0.25) is 0 Å². The summed E-state index contributed by atoms with van der Waals surface area (Å²) in [6.07, 6.45) is 2.14. The molecule has 1 aliphatic rings. The van der Waals surface area contributed by atoms with E-state index in [1.807, 2.05) is 42.3 Å². The standard InChI is InChI=1S/C22H29N3O/c1-16-7-6-10-20(17(16)2)24-21-9-5-4-8-19(21)22(26)25-13-11-18(12-14-25)15-23-3/h4-10,18,23-24H,11-15H2,1-3H3. The van der Waals surface area contributed by atoms with Gasteiger partial charge in [0, 0.05) is 18.8 Å². The van der Waals surface area contributed by atoms with Gasteiger partial charge in [0.25, 0.3) is 5.91 Å². The first-order chi connectivity index (χ1) is 12.6. The number of anilines is 2. The molecule has 2 N–H and O–H groups in total. The largest absolute Gasteiger partial charge is 0.355 e. The van der Waals surface area contributed by atoms with E-state index in [0.717, 1.165) is 49.4 Å². The fraction of sp³-hybridized carbons (Fsp3) is 0.409. The average Bonchev–Trinajstić information content (AvgIpc) is 2.66. The summed E-state index contributed by atoms with van der Waals surface area (Å²) in [6.45, 7) is 6.92. The molecule has 2 aromatic rings. The number of aryl methyl sites for hydroxylation is 1. The van der Waals surface area contributed by atoms with Crippen molar-refractivity contribution in [3.05, 3.63) is 59.2 Å². The normalized spacial score (nSPS) is 15.1. The third kappa shape index (κ3) is 4.07. The number of carbonyl (C=O) groups is 1. The molecule has 0 aliphatic carbocycles. The molecule has 138 valence electrons. The van der Waals surface area contributed by atoms with Gasteiger partial charge in [-0.3, -0.25) is 4.79 Å². The van der Waals surface area contributed by atoms with Crippen molar-refractivity contribution >= 4 is 17.3 Å². The Labute approximate surface area is 156 Å². The molecule has 1 saturated heterocycles. The predicted molar refractivity (Wildman–Crippen MR) is 108 cm³/mol. The highest BCUT2D eigenvalue weighted by molar-refractivity contribution is 6.00. The van der Waals surface area contributed by atoms with Crippen LogP contribution in [0.1, 0.15) is 34.3 Å². The number of carbonyl (C=O) groups excluding carboxylic acids is 1. The lowest BCUT2D eigenvalue weighted by atomic mass is 9.96. The predicted octanol–water partition coefficient (Wildman–Crippen LogP) is 4.12. The molecule has 2 aromatic carbocycles. The number of benzene rings is 2. The van der Waals surface area contributed by atoms with E-state index in [1.165, 1.54) is 11.1 Å².